The van der Waals surface area contributed by atoms with Gasteiger partial charge in [0.15, 0.2) is 5.69 Å². The van der Waals surface area contributed by atoms with Crippen molar-refractivity contribution in [3.8, 4) is 11.3 Å². The van der Waals surface area contributed by atoms with E-state index < -0.39 is 0 Å². The summed E-state index contributed by atoms with van der Waals surface area (Å²) in [5, 5.41) is 0.802. The molecule has 2 nitrogen and oxygen atoms in total. The molecule has 0 saturated carbocycles. The molecule has 0 saturated heterocycles. The van der Waals surface area contributed by atoms with Crippen molar-refractivity contribution in [2.24, 2.45) is 0 Å². The van der Waals surface area contributed by atoms with Gasteiger partial charge in [0.2, 0.25) is 0 Å². The van der Waals surface area contributed by atoms with E-state index in [0.717, 1.165) is 18.1 Å². The van der Waals surface area contributed by atoms with Gasteiger partial charge in [0, 0.05) is 10.6 Å². The van der Waals surface area contributed by atoms with Crippen molar-refractivity contribution in [1.29, 1.82) is 0 Å². The van der Waals surface area contributed by atoms with Gasteiger partial charge in [-0.05, 0) is 37.1 Å². The normalized spacial score (nSPS) is 13.1. The molecular weight excluding hydrogens is 336 g/mol. The van der Waals surface area contributed by atoms with Crippen LogP contribution >= 0.6 is 11.6 Å². The smallest absolute Gasteiger partial charge is 0.257 e. The van der Waals surface area contributed by atoms with Crippen molar-refractivity contribution in [3.63, 3.8) is 0 Å². The lowest BCUT2D eigenvalue weighted by atomic mass is 10.1. The van der Waals surface area contributed by atoms with Crippen LogP contribution in [0.5, 0.6) is 0 Å². The fourth-order valence-electron chi connectivity index (χ4n) is 2.88. The number of imidazole rings is 1. The highest BCUT2D eigenvalue weighted by molar-refractivity contribution is 6.30. The Morgan fingerprint density at radius 1 is 1.25 bits per heavy atom. The fourth-order valence-corrected chi connectivity index (χ4v) is 3.01. The van der Waals surface area contributed by atoms with E-state index in [4.69, 9.17) is 11.6 Å². The van der Waals surface area contributed by atoms with E-state index in [1.165, 1.54) is 42.8 Å². The molecule has 0 aliphatic carbocycles. The lowest BCUT2D eigenvalue weighted by Gasteiger charge is -1.98. The van der Waals surface area contributed by atoms with E-state index in [-0.39, 0.29) is 17.0 Å². The van der Waals surface area contributed by atoms with Crippen molar-refractivity contribution >= 4 is 11.6 Å². The second-order valence-corrected chi connectivity index (χ2v) is 5.68. The Bertz CT molecular complexity index is 575. The Labute approximate surface area is 136 Å². The number of hydrogen-bond acceptors (Lipinski definition) is 0. The monoisotopic (exact) mass is 354 g/mol. The minimum atomic E-state index is 0. The van der Waals surface area contributed by atoms with Crippen molar-refractivity contribution in [1.82, 2.24) is 4.57 Å². The number of hydrogen-bond donors (Lipinski definition) is 0. The van der Waals surface area contributed by atoms with Crippen LogP contribution in [0, 0.1) is 0 Å². The molecule has 0 bridgehead atoms. The number of halogens is 2. The minimum absolute atomic E-state index is 0. The molecule has 1 aliphatic rings. The highest BCUT2D eigenvalue weighted by Gasteiger charge is 2.28. The van der Waals surface area contributed by atoms with Crippen LogP contribution in [-0.4, -0.2) is 4.57 Å². The van der Waals surface area contributed by atoms with Gasteiger partial charge in [-0.1, -0.05) is 24.9 Å². The number of unbranched alkanes of at least 4 members (excludes halogenated alkanes) is 1. The molecule has 1 aliphatic heterocycles. The topological polar surface area (TPSA) is 8.81 Å². The van der Waals surface area contributed by atoms with Crippen LogP contribution in [0.4, 0.5) is 0 Å². The van der Waals surface area contributed by atoms with Crippen LogP contribution < -0.4 is 21.5 Å². The Balaban J connectivity index is 0.00000147. The third kappa shape index (κ3) is 2.94. The summed E-state index contributed by atoms with van der Waals surface area (Å²) in [5.41, 5.74) is 2.60. The molecule has 1 aromatic carbocycles. The van der Waals surface area contributed by atoms with Crippen LogP contribution in [-0.2, 0) is 19.5 Å². The van der Waals surface area contributed by atoms with Gasteiger partial charge in [-0.3, -0.25) is 0 Å². The summed E-state index contributed by atoms with van der Waals surface area (Å²) in [5.74, 6) is 1.48. The SMILES string of the molecule is CCCC[n+]1cc(-c2ccc(Cl)cc2)n2c1CCC2.[Br-]. The maximum absolute atomic E-state index is 5.98. The molecule has 0 spiro atoms. The molecule has 0 N–H and O–H groups in total. The second kappa shape index (κ2) is 6.77. The zero-order valence-corrected chi connectivity index (χ0v) is 14.1. The number of aryl methyl sites for hydroxylation is 1. The molecule has 2 heterocycles. The summed E-state index contributed by atoms with van der Waals surface area (Å²) >= 11 is 5.98. The quantitative estimate of drug-likeness (QED) is 0.719. The van der Waals surface area contributed by atoms with Gasteiger partial charge in [-0.2, -0.15) is 0 Å². The van der Waals surface area contributed by atoms with Crippen molar-refractivity contribution in [2.45, 2.75) is 45.7 Å². The predicted molar refractivity (Wildman–Crippen MR) is 78.3 cm³/mol. The van der Waals surface area contributed by atoms with Crippen LogP contribution in [0.1, 0.15) is 32.0 Å². The van der Waals surface area contributed by atoms with Crippen LogP contribution in [0.2, 0.25) is 5.02 Å². The summed E-state index contributed by atoms with van der Waals surface area (Å²) < 4.78 is 4.92. The molecule has 20 heavy (non-hydrogen) atoms. The largest absolute Gasteiger partial charge is 1.00 e. The summed E-state index contributed by atoms with van der Waals surface area (Å²) in [6, 6.07) is 8.19. The first-order valence-corrected chi connectivity index (χ1v) is 7.55. The first-order chi connectivity index (χ1) is 9.29. The standard InChI is InChI=1S/C16H20ClN2.BrH/c1-2-3-10-18-12-15(19-11-4-5-16(18)19)13-6-8-14(17)9-7-13;/h6-9,12H,2-5,10-11H2,1H3;1H/q+1;/p-1. The van der Waals surface area contributed by atoms with E-state index in [1.807, 2.05) is 12.1 Å². The van der Waals surface area contributed by atoms with Gasteiger partial charge in [0.05, 0.1) is 19.5 Å². The first-order valence-electron chi connectivity index (χ1n) is 7.17. The van der Waals surface area contributed by atoms with Gasteiger partial charge in [0.1, 0.15) is 6.20 Å². The Kier molecular flexibility index (Phi) is 5.28. The second-order valence-electron chi connectivity index (χ2n) is 5.24. The molecule has 0 unspecified atom stereocenters. The number of fused-ring (bicyclic) bond motifs is 1. The number of nitrogens with zero attached hydrogens (tertiary/aromatic N) is 2. The van der Waals surface area contributed by atoms with Gasteiger partial charge in [-0.25, -0.2) is 9.13 Å². The maximum atomic E-state index is 5.98. The highest BCUT2D eigenvalue weighted by Crippen LogP contribution is 2.25. The summed E-state index contributed by atoms with van der Waals surface area (Å²) in [6.07, 6.45) is 7.28. The Hall–Kier alpha value is -0.800. The number of benzene rings is 1. The molecule has 1 aromatic heterocycles. The summed E-state index contributed by atoms with van der Waals surface area (Å²) in [7, 11) is 0. The predicted octanol–water partition coefficient (Wildman–Crippen LogP) is 0.846. The van der Waals surface area contributed by atoms with Crippen molar-refractivity contribution in [3.05, 3.63) is 41.3 Å². The zero-order chi connectivity index (χ0) is 13.2. The van der Waals surface area contributed by atoms with E-state index >= 15 is 0 Å². The highest BCUT2D eigenvalue weighted by atomic mass is 79.9. The van der Waals surface area contributed by atoms with Crippen molar-refractivity contribution < 1.29 is 21.5 Å². The third-order valence-electron chi connectivity index (χ3n) is 3.89. The molecular formula is C16H20BrClN2. The van der Waals surface area contributed by atoms with E-state index in [2.05, 4.69) is 34.4 Å². The zero-order valence-electron chi connectivity index (χ0n) is 11.8. The molecule has 0 fully saturated rings. The lowest BCUT2D eigenvalue weighted by Crippen LogP contribution is -3.00. The van der Waals surface area contributed by atoms with E-state index in [1.54, 1.807) is 0 Å². The average Bonchev–Trinajstić information content (AvgIpc) is 3.00. The van der Waals surface area contributed by atoms with E-state index in [9.17, 15) is 0 Å². The minimum Gasteiger partial charge on any atom is -1.00 e. The number of rotatable bonds is 4. The maximum Gasteiger partial charge on any atom is 0.257 e. The van der Waals surface area contributed by atoms with Gasteiger partial charge >= 0.3 is 0 Å². The molecule has 2 aromatic rings. The molecule has 4 heteroatoms. The Morgan fingerprint density at radius 2 is 2.00 bits per heavy atom. The molecule has 0 radical (unpaired) electrons. The average molecular weight is 356 g/mol. The van der Waals surface area contributed by atoms with Gasteiger partial charge in [-0.15, -0.1) is 0 Å². The molecule has 0 amide bonds. The molecule has 108 valence electrons. The third-order valence-corrected chi connectivity index (χ3v) is 4.14. The van der Waals surface area contributed by atoms with Crippen LogP contribution in [0.3, 0.4) is 0 Å². The van der Waals surface area contributed by atoms with Crippen molar-refractivity contribution in [2.75, 3.05) is 0 Å². The summed E-state index contributed by atoms with van der Waals surface area (Å²) in [6.45, 7) is 4.53. The Morgan fingerprint density at radius 3 is 2.70 bits per heavy atom. The molecule has 0 atom stereocenters. The van der Waals surface area contributed by atoms with Crippen LogP contribution in [0.25, 0.3) is 11.3 Å². The summed E-state index contributed by atoms with van der Waals surface area (Å²) in [4.78, 5) is 0. The molecule has 3 rings (SSSR count). The van der Waals surface area contributed by atoms with Gasteiger partial charge in [0.25, 0.3) is 5.82 Å². The lowest BCUT2D eigenvalue weighted by molar-refractivity contribution is -0.703. The number of aromatic nitrogens is 2. The van der Waals surface area contributed by atoms with Crippen LogP contribution in [0.15, 0.2) is 30.5 Å². The van der Waals surface area contributed by atoms with Gasteiger partial charge < -0.3 is 17.0 Å². The fraction of sp³-hybridized carbons (Fsp3) is 0.438. The van der Waals surface area contributed by atoms with E-state index in [0.29, 0.717) is 0 Å². The first kappa shape index (κ1) is 15.6.